The van der Waals surface area contributed by atoms with Crippen molar-refractivity contribution < 1.29 is 0 Å². The molecule has 0 amide bonds. The predicted molar refractivity (Wildman–Crippen MR) is 136 cm³/mol. The number of rotatable bonds is 5. The fourth-order valence-electron chi connectivity index (χ4n) is 5.14. The van der Waals surface area contributed by atoms with Crippen molar-refractivity contribution in [2.75, 3.05) is 30.4 Å². The van der Waals surface area contributed by atoms with E-state index in [9.17, 15) is 0 Å². The van der Waals surface area contributed by atoms with Gasteiger partial charge in [-0.25, -0.2) is 14.6 Å². The van der Waals surface area contributed by atoms with E-state index in [-0.39, 0.29) is 0 Å². The number of aromatic nitrogens is 4. The molecule has 0 unspecified atom stereocenters. The zero-order chi connectivity index (χ0) is 23.2. The number of likely N-dealkylation sites (N-methyl/N-ethyl adjacent to an activating group) is 1. The molecule has 1 N–H and O–H groups in total. The van der Waals surface area contributed by atoms with Gasteiger partial charge in [-0.3, -0.25) is 4.90 Å². The molecule has 4 heterocycles. The van der Waals surface area contributed by atoms with Crippen molar-refractivity contribution in [2.24, 2.45) is 0 Å². The van der Waals surface area contributed by atoms with Gasteiger partial charge in [0.2, 0.25) is 5.95 Å². The number of hydrogen-bond donors (Lipinski definition) is 1. The van der Waals surface area contributed by atoms with Gasteiger partial charge in [-0.1, -0.05) is 17.7 Å². The summed E-state index contributed by atoms with van der Waals surface area (Å²) in [6, 6.07) is 17.3. The molecule has 2 aliphatic heterocycles. The standard InChI is InChI=1S/C26H26ClN7/c1-17-10-20(6-7-25(17)33-16-22-12-23(33)15-32(22)2)30-26-28-9-8-24(31-26)18-13-29-34(14-18)21-5-3-4-19(27)11-21/h3-11,13-14,22-23H,12,15-16H2,1-2H3,(H,28,30,31)/t22-,23-/m0/s1. The summed E-state index contributed by atoms with van der Waals surface area (Å²) in [5.74, 6) is 0.557. The van der Waals surface area contributed by atoms with Crippen molar-refractivity contribution in [1.82, 2.24) is 24.6 Å². The van der Waals surface area contributed by atoms with Gasteiger partial charge < -0.3 is 10.2 Å². The molecule has 2 aliphatic rings. The third-order valence-corrected chi connectivity index (χ3v) is 7.12. The highest BCUT2D eigenvalue weighted by atomic mass is 35.5. The van der Waals surface area contributed by atoms with Crippen molar-refractivity contribution in [1.29, 1.82) is 0 Å². The second kappa shape index (κ2) is 8.42. The normalized spacial score (nSPS) is 19.7. The molecule has 0 radical (unpaired) electrons. The van der Waals surface area contributed by atoms with Crippen LogP contribution in [-0.4, -0.2) is 56.9 Å². The van der Waals surface area contributed by atoms with Crippen molar-refractivity contribution in [2.45, 2.75) is 25.4 Å². The SMILES string of the molecule is Cc1cc(Nc2nccc(-c3cnn(-c4cccc(Cl)c4)c3)n2)ccc1N1C[C@@H]2C[C@H]1CN2C. The number of hydrogen-bond acceptors (Lipinski definition) is 6. The molecule has 34 heavy (non-hydrogen) atoms. The van der Waals surface area contributed by atoms with Crippen LogP contribution in [0.2, 0.25) is 5.02 Å². The highest BCUT2D eigenvalue weighted by molar-refractivity contribution is 6.30. The number of piperazine rings is 1. The molecular weight excluding hydrogens is 446 g/mol. The second-order valence-corrected chi connectivity index (χ2v) is 9.62. The quantitative estimate of drug-likeness (QED) is 0.445. The van der Waals surface area contributed by atoms with E-state index >= 15 is 0 Å². The number of nitrogens with zero attached hydrogens (tertiary/aromatic N) is 6. The number of fused-ring (bicyclic) bond motifs is 2. The summed E-state index contributed by atoms with van der Waals surface area (Å²) in [4.78, 5) is 14.2. The predicted octanol–water partition coefficient (Wildman–Crippen LogP) is 4.93. The van der Waals surface area contributed by atoms with Gasteiger partial charge in [-0.2, -0.15) is 5.10 Å². The first-order valence-electron chi connectivity index (χ1n) is 11.5. The molecule has 2 atom stereocenters. The molecule has 7 nitrogen and oxygen atoms in total. The third kappa shape index (κ3) is 3.91. The van der Waals surface area contributed by atoms with E-state index in [1.165, 1.54) is 17.7 Å². The van der Waals surface area contributed by atoms with E-state index in [2.05, 4.69) is 57.4 Å². The molecule has 0 saturated carbocycles. The molecule has 2 aromatic heterocycles. The zero-order valence-corrected chi connectivity index (χ0v) is 19.9. The summed E-state index contributed by atoms with van der Waals surface area (Å²) in [5.41, 5.74) is 6.19. The monoisotopic (exact) mass is 471 g/mol. The Morgan fingerprint density at radius 2 is 1.97 bits per heavy atom. The van der Waals surface area contributed by atoms with E-state index in [0.29, 0.717) is 23.1 Å². The summed E-state index contributed by atoms with van der Waals surface area (Å²) < 4.78 is 1.79. The molecule has 4 aromatic rings. The Labute approximate surface area is 204 Å². The number of aryl methyl sites for hydroxylation is 1. The molecular formula is C26H26ClN7. The van der Waals surface area contributed by atoms with Crippen LogP contribution in [0.1, 0.15) is 12.0 Å². The fraction of sp³-hybridized carbons (Fsp3) is 0.269. The van der Waals surface area contributed by atoms with Crippen LogP contribution >= 0.6 is 11.6 Å². The molecule has 2 aromatic carbocycles. The van der Waals surface area contributed by atoms with E-state index in [0.717, 1.165) is 35.7 Å². The van der Waals surface area contributed by atoms with Crippen molar-refractivity contribution in [3.8, 4) is 16.9 Å². The third-order valence-electron chi connectivity index (χ3n) is 6.88. The summed E-state index contributed by atoms with van der Waals surface area (Å²) in [6.45, 7) is 4.44. The van der Waals surface area contributed by atoms with Crippen LogP contribution in [0, 0.1) is 6.92 Å². The highest BCUT2D eigenvalue weighted by Gasteiger charge is 2.41. The number of nitrogens with one attached hydrogen (secondary N) is 1. The smallest absolute Gasteiger partial charge is 0.227 e. The van der Waals surface area contributed by atoms with Gasteiger partial charge in [-0.15, -0.1) is 0 Å². The minimum atomic E-state index is 0.557. The summed E-state index contributed by atoms with van der Waals surface area (Å²) in [7, 11) is 2.23. The van der Waals surface area contributed by atoms with Crippen molar-refractivity contribution in [3.63, 3.8) is 0 Å². The first-order chi connectivity index (χ1) is 16.5. The minimum absolute atomic E-state index is 0.557. The number of anilines is 3. The van der Waals surface area contributed by atoms with Gasteiger partial charge >= 0.3 is 0 Å². The first kappa shape index (κ1) is 21.1. The average Bonchev–Trinajstić information content (AvgIpc) is 3.55. The highest BCUT2D eigenvalue weighted by Crippen LogP contribution is 2.36. The van der Waals surface area contributed by atoms with Crippen LogP contribution < -0.4 is 10.2 Å². The maximum absolute atomic E-state index is 6.12. The average molecular weight is 472 g/mol. The molecule has 6 rings (SSSR count). The fourth-order valence-corrected chi connectivity index (χ4v) is 5.32. The Hall–Kier alpha value is -3.42. The topological polar surface area (TPSA) is 62.1 Å². The lowest BCUT2D eigenvalue weighted by Crippen LogP contribution is -2.44. The zero-order valence-electron chi connectivity index (χ0n) is 19.2. The number of likely N-dealkylation sites (tertiary alicyclic amines) is 1. The Morgan fingerprint density at radius 1 is 1.06 bits per heavy atom. The van der Waals surface area contributed by atoms with Crippen molar-refractivity contribution >= 4 is 28.9 Å². The van der Waals surface area contributed by atoms with E-state index in [1.807, 2.05) is 36.5 Å². The van der Waals surface area contributed by atoms with E-state index in [1.54, 1.807) is 17.1 Å². The summed E-state index contributed by atoms with van der Waals surface area (Å²) >= 11 is 6.12. The molecule has 0 aliphatic carbocycles. The summed E-state index contributed by atoms with van der Waals surface area (Å²) in [5, 5.41) is 8.51. The Kier molecular flexibility index (Phi) is 5.23. The molecule has 0 spiro atoms. The Morgan fingerprint density at radius 3 is 2.74 bits per heavy atom. The van der Waals surface area contributed by atoms with Gasteiger partial charge in [0.1, 0.15) is 0 Å². The van der Waals surface area contributed by atoms with Gasteiger partial charge in [0.05, 0.1) is 17.6 Å². The van der Waals surface area contributed by atoms with Gasteiger partial charge in [0, 0.05) is 59.5 Å². The lowest BCUT2D eigenvalue weighted by atomic mass is 10.1. The van der Waals surface area contributed by atoms with Crippen LogP contribution in [0.3, 0.4) is 0 Å². The molecule has 2 saturated heterocycles. The van der Waals surface area contributed by atoms with E-state index in [4.69, 9.17) is 16.6 Å². The number of benzene rings is 2. The Balaban J connectivity index is 1.20. The molecule has 2 fully saturated rings. The van der Waals surface area contributed by atoms with Crippen molar-refractivity contribution in [3.05, 3.63) is 77.7 Å². The van der Waals surface area contributed by atoms with Crippen LogP contribution in [0.25, 0.3) is 16.9 Å². The first-order valence-corrected chi connectivity index (χ1v) is 11.9. The minimum Gasteiger partial charge on any atom is -0.365 e. The molecule has 8 heteroatoms. The molecule has 172 valence electrons. The lowest BCUT2D eigenvalue weighted by molar-refractivity contribution is 0.292. The van der Waals surface area contributed by atoms with Crippen LogP contribution in [0.15, 0.2) is 67.1 Å². The summed E-state index contributed by atoms with van der Waals surface area (Å²) in [6.07, 6.45) is 6.77. The second-order valence-electron chi connectivity index (χ2n) is 9.18. The van der Waals surface area contributed by atoms with Gasteiger partial charge in [0.25, 0.3) is 0 Å². The van der Waals surface area contributed by atoms with E-state index < -0.39 is 0 Å². The maximum Gasteiger partial charge on any atom is 0.227 e. The largest absolute Gasteiger partial charge is 0.365 e. The van der Waals surface area contributed by atoms with Gasteiger partial charge in [0.15, 0.2) is 0 Å². The molecule has 2 bridgehead atoms. The number of halogens is 1. The maximum atomic E-state index is 6.12. The Bertz CT molecular complexity index is 1350. The van der Waals surface area contributed by atoms with Crippen LogP contribution in [0.4, 0.5) is 17.3 Å². The van der Waals surface area contributed by atoms with Crippen LogP contribution in [0.5, 0.6) is 0 Å². The lowest BCUT2D eigenvalue weighted by Gasteiger charge is -2.34. The van der Waals surface area contributed by atoms with Gasteiger partial charge in [-0.05, 0) is 68.4 Å². The van der Waals surface area contributed by atoms with Crippen LogP contribution in [-0.2, 0) is 0 Å².